The second kappa shape index (κ2) is 8.41. The Morgan fingerprint density at radius 1 is 1.17 bits per heavy atom. The van der Waals surface area contributed by atoms with Crippen LogP contribution in [0.2, 0.25) is 0 Å². The lowest BCUT2D eigenvalue weighted by Crippen LogP contribution is -2.37. The number of carboxylic acid groups (broad SMARTS) is 1. The van der Waals surface area contributed by atoms with E-state index in [0.29, 0.717) is 31.7 Å². The fourth-order valence-corrected chi connectivity index (χ4v) is 2.81. The monoisotopic (exact) mass is 321 g/mol. The van der Waals surface area contributed by atoms with Gasteiger partial charge in [-0.1, -0.05) is 6.42 Å². The summed E-state index contributed by atoms with van der Waals surface area (Å²) in [5.41, 5.74) is 0. The molecule has 1 saturated carbocycles. The van der Waals surface area contributed by atoms with E-state index in [4.69, 9.17) is 14.6 Å². The summed E-state index contributed by atoms with van der Waals surface area (Å²) in [7, 11) is 1.60. The molecule has 6 nitrogen and oxygen atoms in total. The minimum Gasteiger partial charge on any atom is -0.497 e. The molecule has 2 unspecified atom stereocenters. The molecule has 0 saturated heterocycles. The molecule has 2 N–H and O–H groups in total. The van der Waals surface area contributed by atoms with E-state index < -0.39 is 11.9 Å². The number of ether oxygens (including phenoxy) is 2. The number of carbonyl (C=O) groups excluding carboxylic acids is 1. The van der Waals surface area contributed by atoms with Gasteiger partial charge in [-0.05, 0) is 43.5 Å². The third kappa shape index (κ3) is 5.16. The second-order valence-corrected chi connectivity index (χ2v) is 5.71. The molecule has 1 amide bonds. The first-order valence-electron chi connectivity index (χ1n) is 7.87. The van der Waals surface area contributed by atoms with Gasteiger partial charge in [0, 0.05) is 5.92 Å². The Morgan fingerprint density at radius 3 is 2.48 bits per heavy atom. The standard InChI is InChI=1S/C17H23NO5/c1-22-14-5-7-15(8-6-14)23-10-9-18-16(19)12-3-2-4-13(11-12)17(20)21/h5-8,12-13H,2-4,9-11H2,1H3,(H,18,19)(H,20,21). The van der Waals surface area contributed by atoms with Crippen LogP contribution in [-0.4, -0.2) is 37.2 Å². The molecule has 0 heterocycles. The Balaban J connectivity index is 1.68. The highest BCUT2D eigenvalue weighted by Gasteiger charge is 2.30. The highest BCUT2D eigenvalue weighted by atomic mass is 16.5. The summed E-state index contributed by atoms with van der Waals surface area (Å²) < 4.78 is 10.6. The fraction of sp³-hybridized carbons (Fsp3) is 0.529. The first kappa shape index (κ1) is 17.1. The Morgan fingerprint density at radius 2 is 1.83 bits per heavy atom. The predicted molar refractivity (Wildman–Crippen MR) is 84.6 cm³/mol. The van der Waals surface area contributed by atoms with Crippen LogP contribution < -0.4 is 14.8 Å². The Bertz CT molecular complexity index is 528. The van der Waals surface area contributed by atoms with Gasteiger partial charge in [-0.2, -0.15) is 0 Å². The zero-order chi connectivity index (χ0) is 16.7. The van der Waals surface area contributed by atoms with Gasteiger partial charge in [-0.25, -0.2) is 0 Å². The molecule has 126 valence electrons. The molecule has 0 aliphatic heterocycles. The van der Waals surface area contributed by atoms with E-state index in [-0.39, 0.29) is 11.8 Å². The summed E-state index contributed by atoms with van der Waals surface area (Å²) in [5.74, 6) is 0.0000908. The van der Waals surface area contributed by atoms with Gasteiger partial charge in [0.25, 0.3) is 0 Å². The van der Waals surface area contributed by atoms with E-state index in [2.05, 4.69) is 5.32 Å². The van der Waals surface area contributed by atoms with Gasteiger partial charge in [0.05, 0.1) is 19.6 Å². The summed E-state index contributed by atoms with van der Waals surface area (Å²) in [6.07, 6.45) is 2.65. The Kier molecular flexibility index (Phi) is 6.26. The van der Waals surface area contributed by atoms with E-state index in [1.165, 1.54) is 0 Å². The lowest BCUT2D eigenvalue weighted by molar-refractivity contribution is -0.144. The molecule has 1 aliphatic rings. The normalized spacial score (nSPS) is 20.6. The average molecular weight is 321 g/mol. The maximum absolute atomic E-state index is 12.1. The predicted octanol–water partition coefficient (Wildman–Crippen LogP) is 2.08. The van der Waals surface area contributed by atoms with Crippen LogP contribution in [-0.2, 0) is 9.59 Å². The number of hydrogen-bond acceptors (Lipinski definition) is 4. The molecular weight excluding hydrogens is 298 g/mol. The number of aliphatic carboxylic acids is 1. The zero-order valence-corrected chi connectivity index (χ0v) is 13.3. The molecule has 1 aromatic carbocycles. The number of carboxylic acids is 1. The molecule has 6 heteroatoms. The first-order valence-corrected chi connectivity index (χ1v) is 7.87. The van der Waals surface area contributed by atoms with E-state index in [0.717, 1.165) is 18.6 Å². The number of methoxy groups -OCH3 is 1. The Labute approximate surface area is 135 Å². The topological polar surface area (TPSA) is 84.9 Å². The van der Waals surface area contributed by atoms with E-state index in [1.807, 2.05) is 12.1 Å². The molecule has 2 atom stereocenters. The Hall–Kier alpha value is -2.24. The minimum atomic E-state index is -0.801. The van der Waals surface area contributed by atoms with Crippen molar-refractivity contribution in [2.75, 3.05) is 20.3 Å². The van der Waals surface area contributed by atoms with E-state index in [9.17, 15) is 9.59 Å². The van der Waals surface area contributed by atoms with Crippen molar-refractivity contribution in [3.05, 3.63) is 24.3 Å². The van der Waals surface area contributed by atoms with Crippen molar-refractivity contribution in [2.24, 2.45) is 11.8 Å². The number of rotatable bonds is 7. The van der Waals surface area contributed by atoms with Crippen molar-refractivity contribution in [1.29, 1.82) is 0 Å². The quantitative estimate of drug-likeness (QED) is 0.751. The fourth-order valence-electron chi connectivity index (χ4n) is 2.81. The zero-order valence-electron chi connectivity index (χ0n) is 13.3. The molecule has 2 rings (SSSR count). The third-order valence-corrected chi connectivity index (χ3v) is 4.12. The summed E-state index contributed by atoms with van der Waals surface area (Å²) in [5, 5.41) is 11.9. The number of hydrogen-bond donors (Lipinski definition) is 2. The van der Waals surface area contributed by atoms with Crippen LogP contribution in [0.4, 0.5) is 0 Å². The van der Waals surface area contributed by atoms with Crippen molar-refractivity contribution in [3.8, 4) is 11.5 Å². The second-order valence-electron chi connectivity index (χ2n) is 5.71. The van der Waals surface area contributed by atoms with Gasteiger partial charge < -0.3 is 19.9 Å². The summed E-state index contributed by atoms with van der Waals surface area (Å²) in [4.78, 5) is 23.1. The van der Waals surface area contributed by atoms with E-state index >= 15 is 0 Å². The highest BCUT2D eigenvalue weighted by Crippen LogP contribution is 2.29. The van der Waals surface area contributed by atoms with Gasteiger partial charge >= 0.3 is 5.97 Å². The maximum Gasteiger partial charge on any atom is 0.306 e. The van der Waals surface area contributed by atoms with Gasteiger partial charge in [-0.3, -0.25) is 9.59 Å². The van der Waals surface area contributed by atoms with E-state index in [1.54, 1.807) is 19.2 Å². The van der Waals surface area contributed by atoms with Gasteiger partial charge in [0.2, 0.25) is 5.91 Å². The van der Waals surface area contributed by atoms with Crippen LogP contribution in [0.5, 0.6) is 11.5 Å². The maximum atomic E-state index is 12.1. The van der Waals surface area contributed by atoms with Crippen molar-refractivity contribution in [2.45, 2.75) is 25.7 Å². The molecule has 1 aliphatic carbocycles. The smallest absolute Gasteiger partial charge is 0.306 e. The largest absolute Gasteiger partial charge is 0.497 e. The molecule has 1 fully saturated rings. The van der Waals surface area contributed by atoms with Gasteiger partial charge in [-0.15, -0.1) is 0 Å². The molecule has 0 spiro atoms. The van der Waals surface area contributed by atoms with Crippen LogP contribution in [0.1, 0.15) is 25.7 Å². The number of carbonyl (C=O) groups is 2. The summed E-state index contributed by atoms with van der Waals surface area (Å²) >= 11 is 0. The third-order valence-electron chi connectivity index (χ3n) is 4.12. The average Bonchev–Trinajstić information content (AvgIpc) is 2.59. The SMILES string of the molecule is COc1ccc(OCCNC(=O)C2CCCC(C(=O)O)C2)cc1. The number of benzene rings is 1. The lowest BCUT2D eigenvalue weighted by atomic mass is 9.81. The minimum absolute atomic E-state index is 0.0747. The molecule has 23 heavy (non-hydrogen) atoms. The molecular formula is C17H23NO5. The van der Waals surface area contributed by atoms with Crippen LogP contribution >= 0.6 is 0 Å². The highest BCUT2D eigenvalue weighted by molar-refractivity contribution is 5.80. The summed E-state index contributed by atoms with van der Waals surface area (Å²) in [6.45, 7) is 0.770. The van der Waals surface area contributed by atoms with Gasteiger partial charge in [0.15, 0.2) is 0 Å². The number of amides is 1. The molecule has 0 aromatic heterocycles. The lowest BCUT2D eigenvalue weighted by Gasteiger charge is -2.25. The first-order chi connectivity index (χ1) is 11.1. The van der Waals surface area contributed by atoms with Gasteiger partial charge in [0.1, 0.15) is 18.1 Å². The molecule has 0 bridgehead atoms. The van der Waals surface area contributed by atoms with Crippen molar-refractivity contribution < 1.29 is 24.2 Å². The number of nitrogens with one attached hydrogen (secondary N) is 1. The van der Waals surface area contributed by atoms with Crippen LogP contribution in [0.3, 0.4) is 0 Å². The van der Waals surface area contributed by atoms with Crippen molar-refractivity contribution in [1.82, 2.24) is 5.32 Å². The van der Waals surface area contributed by atoms with Crippen LogP contribution in [0.25, 0.3) is 0 Å². The summed E-state index contributed by atoms with van der Waals surface area (Å²) in [6, 6.07) is 7.22. The van der Waals surface area contributed by atoms with Crippen molar-refractivity contribution in [3.63, 3.8) is 0 Å². The van der Waals surface area contributed by atoms with Crippen molar-refractivity contribution >= 4 is 11.9 Å². The van der Waals surface area contributed by atoms with Crippen LogP contribution in [0.15, 0.2) is 24.3 Å². The molecule has 0 radical (unpaired) electrons. The molecule has 1 aromatic rings. The van der Waals surface area contributed by atoms with Crippen LogP contribution in [0, 0.1) is 11.8 Å².